The molecule has 1 aromatic carbocycles. The van der Waals surface area contributed by atoms with Gasteiger partial charge in [0, 0.05) is 7.05 Å². The number of rotatable bonds is 5. The van der Waals surface area contributed by atoms with Crippen LogP contribution in [0, 0.1) is 0 Å². The van der Waals surface area contributed by atoms with Crippen molar-refractivity contribution in [3.05, 3.63) is 35.9 Å². The molecule has 2 rings (SSSR count). The van der Waals surface area contributed by atoms with Gasteiger partial charge in [-0.2, -0.15) is 0 Å². The van der Waals surface area contributed by atoms with Gasteiger partial charge in [-0.15, -0.1) is 24.5 Å². The van der Waals surface area contributed by atoms with Gasteiger partial charge in [-0.05, 0) is 18.2 Å². The quantitative estimate of drug-likeness (QED) is 0.859. The molecule has 0 saturated heterocycles. The van der Waals surface area contributed by atoms with Crippen molar-refractivity contribution >= 4 is 34.0 Å². The van der Waals surface area contributed by atoms with E-state index >= 15 is 0 Å². The minimum absolute atomic E-state index is 0.291. The Balaban J connectivity index is 2.30. The lowest BCUT2D eigenvalue weighted by atomic mass is 10.3. The van der Waals surface area contributed by atoms with Crippen LogP contribution in [0.3, 0.4) is 0 Å². The molecule has 0 aliphatic carbocycles. The number of carbonyl (C=O) groups excluding carboxylic acids is 1. The Morgan fingerprint density at radius 1 is 1.36 bits per heavy atom. The topological polar surface area (TPSA) is 64.3 Å². The molecule has 1 aromatic heterocycles. The predicted octanol–water partition coefficient (Wildman–Crippen LogP) is 3.94. The number of thiophene rings is 1. The molecule has 0 radical (unpaired) electrons. The number of hydrogen-bond acceptors (Lipinski definition) is 5. The first kappa shape index (κ1) is 16.5. The van der Waals surface area contributed by atoms with E-state index in [-0.39, 0.29) is 5.75 Å². The largest absolute Gasteiger partial charge is 0.573 e. The molecule has 1 amide bonds. The summed E-state index contributed by atoms with van der Waals surface area (Å²) >= 11 is 2.29. The van der Waals surface area contributed by atoms with Crippen molar-refractivity contribution in [3.8, 4) is 5.75 Å². The molecule has 9 heteroatoms. The van der Waals surface area contributed by atoms with Crippen molar-refractivity contribution in [1.82, 2.24) is 0 Å². The molecule has 2 aromatic rings. The fourth-order valence-electron chi connectivity index (χ4n) is 1.64. The summed E-state index contributed by atoms with van der Waals surface area (Å²) in [6.07, 6.45) is -4.76. The Morgan fingerprint density at radius 3 is 2.59 bits per heavy atom. The van der Waals surface area contributed by atoms with E-state index in [9.17, 15) is 18.0 Å². The number of amides is 1. The molecule has 0 bridgehead atoms. The summed E-state index contributed by atoms with van der Waals surface area (Å²) in [6, 6.07) is 7.33. The van der Waals surface area contributed by atoms with E-state index in [0.29, 0.717) is 19.7 Å². The molecule has 1 heterocycles. The zero-order valence-corrected chi connectivity index (χ0v) is 12.9. The molecule has 0 fully saturated rings. The third kappa shape index (κ3) is 4.08. The first-order valence-electron chi connectivity index (χ1n) is 5.94. The molecule has 0 aliphatic rings. The van der Waals surface area contributed by atoms with Crippen molar-refractivity contribution in [3.63, 3.8) is 0 Å². The number of halogens is 3. The van der Waals surface area contributed by atoms with E-state index in [1.165, 1.54) is 35.6 Å². The standard InChI is InChI=1S/C13H11F3N2O2S2/c1-18-12-7(11(17)19)6-10(22-12)21-9-5-3-2-4-8(9)20-13(14,15)16/h2-6,18H,1H3,(H2,17,19). The zero-order chi connectivity index (χ0) is 16.3. The summed E-state index contributed by atoms with van der Waals surface area (Å²) in [5, 5.41) is 3.39. The summed E-state index contributed by atoms with van der Waals surface area (Å²) in [4.78, 5) is 11.6. The van der Waals surface area contributed by atoms with Crippen LogP contribution in [-0.4, -0.2) is 19.3 Å². The number of benzene rings is 1. The molecule has 0 saturated carbocycles. The van der Waals surface area contributed by atoms with E-state index < -0.39 is 12.3 Å². The molecule has 0 atom stereocenters. The number of nitrogens with one attached hydrogen (secondary N) is 1. The number of para-hydroxylation sites is 1. The number of hydrogen-bond donors (Lipinski definition) is 2. The third-order valence-corrected chi connectivity index (χ3v) is 4.81. The Bertz CT molecular complexity index is 686. The minimum Gasteiger partial charge on any atom is -0.405 e. The van der Waals surface area contributed by atoms with Crippen LogP contribution in [0.2, 0.25) is 0 Å². The lowest BCUT2D eigenvalue weighted by Crippen LogP contribution is -2.17. The van der Waals surface area contributed by atoms with Gasteiger partial charge in [-0.1, -0.05) is 23.9 Å². The highest BCUT2D eigenvalue weighted by Gasteiger charge is 2.32. The van der Waals surface area contributed by atoms with Crippen molar-refractivity contribution < 1.29 is 22.7 Å². The van der Waals surface area contributed by atoms with Crippen LogP contribution < -0.4 is 15.8 Å². The average molecular weight is 348 g/mol. The second-order valence-corrected chi connectivity index (χ2v) is 6.41. The molecule has 0 spiro atoms. The van der Waals surface area contributed by atoms with Crippen LogP contribution in [0.4, 0.5) is 18.2 Å². The summed E-state index contributed by atoms with van der Waals surface area (Å²) in [7, 11) is 1.63. The Kier molecular flexibility index (Phi) is 4.87. The van der Waals surface area contributed by atoms with E-state index in [2.05, 4.69) is 10.1 Å². The minimum atomic E-state index is -4.76. The van der Waals surface area contributed by atoms with Crippen molar-refractivity contribution in [2.24, 2.45) is 5.73 Å². The van der Waals surface area contributed by atoms with Gasteiger partial charge >= 0.3 is 6.36 Å². The van der Waals surface area contributed by atoms with Crippen LogP contribution in [0.5, 0.6) is 5.75 Å². The number of anilines is 1. The molecule has 22 heavy (non-hydrogen) atoms. The van der Waals surface area contributed by atoms with Crippen LogP contribution in [0.25, 0.3) is 0 Å². The van der Waals surface area contributed by atoms with Crippen LogP contribution in [0.15, 0.2) is 39.4 Å². The lowest BCUT2D eigenvalue weighted by Gasteiger charge is -2.11. The Morgan fingerprint density at radius 2 is 2.05 bits per heavy atom. The second kappa shape index (κ2) is 6.49. The fraction of sp³-hybridized carbons (Fsp3) is 0.154. The summed E-state index contributed by atoms with van der Waals surface area (Å²) in [5.41, 5.74) is 5.55. The van der Waals surface area contributed by atoms with Gasteiger partial charge in [-0.25, -0.2) is 0 Å². The summed E-state index contributed by atoms with van der Waals surface area (Å²) < 4.78 is 41.8. The van der Waals surface area contributed by atoms with Gasteiger partial charge in [0.15, 0.2) is 0 Å². The van der Waals surface area contributed by atoms with Gasteiger partial charge in [0.1, 0.15) is 10.8 Å². The molecule has 4 nitrogen and oxygen atoms in total. The van der Waals surface area contributed by atoms with Gasteiger partial charge in [0.2, 0.25) is 0 Å². The predicted molar refractivity (Wildman–Crippen MR) is 79.6 cm³/mol. The number of nitrogens with two attached hydrogens (primary N) is 1. The van der Waals surface area contributed by atoms with E-state index in [1.807, 2.05) is 0 Å². The van der Waals surface area contributed by atoms with E-state index in [1.54, 1.807) is 13.1 Å². The maximum Gasteiger partial charge on any atom is 0.573 e. The molecule has 118 valence electrons. The van der Waals surface area contributed by atoms with Gasteiger partial charge < -0.3 is 15.8 Å². The van der Waals surface area contributed by atoms with Gasteiger partial charge in [0.25, 0.3) is 5.91 Å². The first-order chi connectivity index (χ1) is 10.3. The van der Waals surface area contributed by atoms with Crippen LogP contribution in [0.1, 0.15) is 10.4 Å². The van der Waals surface area contributed by atoms with E-state index in [4.69, 9.17) is 5.73 Å². The van der Waals surface area contributed by atoms with Crippen LogP contribution in [-0.2, 0) is 0 Å². The SMILES string of the molecule is CNc1sc(Sc2ccccc2OC(F)(F)F)cc1C(N)=O. The zero-order valence-electron chi connectivity index (χ0n) is 11.2. The monoisotopic (exact) mass is 348 g/mol. The fourth-order valence-corrected chi connectivity index (χ4v) is 3.83. The van der Waals surface area contributed by atoms with Gasteiger partial charge in [-0.3, -0.25) is 4.79 Å². The van der Waals surface area contributed by atoms with Crippen molar-refractivity contribution in [2.45, 2.75) is 15.5 Å². The van der Waals surface area contributed by atoms with Crippen molar-refractivity contribution in [2.75, 3.05) is 12.4 Å². The first-order valence-corrected chi connectivity index (χ1v) is 7.57. The number of ether oxygens (including phenoxy) is 1. The second-order valence-electron chi connectivity index (χ2n) is 4.02. The lowest BCUT2D eigenvalue weighted by molar-refractivity contribution is -0.275. The summed E-state index contributed by atoms with van der Waals surface area (Å²) in [6.45, 7) is 0. The number of alkyl halides is 3. The number of primary amides is 1. The Labute approximate surface area is 132 Å². The van der Waals surface area contributed by atoms with E-state index in [0.717, 1.165) is 11.8 Å². The maximum atomic E-state index is 12.4. The third-order valence-electron chi connectivity index (χ3n) is 2.49. The van der Waals surface area contributed by atoms with Crippen LogP contribution >= 0.6 is 23.1 Å². The molecular formula is C13H11F3N2O2S2. The molecule has 0 aliphatic heterocycles. The van der Waals surface area contributed by atoms with Crippen molar-refractivity contribution in [1.29, 1.82) is 0 Å². The normalized spacial score (nSPS) is 11.3. The highest BCUT2D eigenvalue weighted by atomic mass is 32.2. The maximum absolute atomic E-state index is 12.4. The molecule has 0 unspecified atom stereocenters. The number of carbonyl (C=O) groups is 1. The average Bonchev–Trinajstić information content (AvgIpc) is 2.82. The summed E-state index contributed by atoms with van der Waals surface area (Å²) in [5.74, 6) is -0.896. The molecule has 3 N–H and O–H groups in total. The molecular weight excluding hydrogens is 337 g/mol. The smallest absolute Gasteiger partial charge is 0.405 e. The highest BCUT2D eigenvalue weighted by Crippen LogP contribution is 2.42. The highest BCUT2D eigenvalue weighted by molar-refractivity contribution is 8.01. The van der Waals surface area contributed by atoms with Gasteiger partial charge in [0.05, 0.1) is 14.7 Å². The Hall–Kier alpha value is -1.87.